The summed E-state index contributed by atoms with van der Waals surface area (Å²) in [6.07, 6.45) is 1.03. The van der Waals surface area contributed by atoms with E-state index < -0.39 is 23.4 Å². The highest BCUT2D eigenvalue weighted by molar-refractivity contribution is 6.02. The minimum Gasteiger partial charge on any atom is -0.493 e. The number of hydrogen-bond donors (Lipinski definition) is 2. The number of halogens is 1. The van der Waals surface area contributed by atoms with Gasteiger partial charge in [-0.05, 0) is 29.8 Å². The van der Waals surface area contributed by atoms with Crippen LogP contribution in [0.25, 0.3) is 6.08 Å². The first-order valence-electron chi connectivity index (χ1n) is 9.33. The maximum atomic E-state index is 14.7. The molecule has 0 fully saturated rings. The Labute approximate surface area is 178 Å². The third-order valence-electron chi connectivity index (χ3n) is 4.33. The van der Waals surface area contributed by atoms with Crippen LogP contribution in [0.3, 0.4) is 0 Å². The fraction of sp³-hybridized carbons (Fsp3) is 0.0833. The van der Waals surface area contributed by atoms with Crippen LogP contribution in [0.4, 0.5) is 4.39 Å². The van der Waals surface area contributed by atoms with Crippen LogP contribution in [0.2, 0.25) is 0 Å². The quantitative estimate of drug-likeness (QED) is 0.531. The highest BCUT2D eigenvalue weighted by Crippen LogP contribution is 2.31. The summed E-state index contributed by atoms with van der Waals surface area (Å²) in [7, 11) is 1.39. The second-order valence-electron chi connectivity index (χ2n) is 6.48. The van der Waals surface area contributed by atoms with Crippen LogP contribution in [0, 0.1) is 5.82 Å². The Bertz CT molecular complexity index is 1100. The van der Waals surface area contributed by atoms with Crippen LogP contribution >= 0.6 is 0 Å². The van der Waals surface area contributed by atoms with Crippen molar-refractivity contribution >= 4 is 18.0 Å². The van der Waals surface area contributed by atoms with Crippen molar-refractivity contribution in [3.8, 4) is 11.5 Å². The van der Waals surface area contributed by atoms with E-state index in [1.807, 2.05) is 30.3 Å². The normalized spacial score (nSPS) is 11.0. The molecule has 3 aromatic carbocycles. The molecule has 31 heavy (non-hydrogen) atoms. The first-order chi connectivity index (χ1) is 15.0. The van der Waals surface area contributed by atoms with Gasteiger partial charge in [-0.25, -0.2) is 9.18 Å². The summed E-state index contributed by atoms with van der Waals surface area (Å²) in [6, 6.07) is 19.9. The predicted molar refractivity (Wildman–Crippen MR) is 113 cm³/mol. The summed E-state index contributed by atoms with van der Waals surface area (Å²) in [5.41, 5.74) is 0.616. The number of hydrogen-bond acceptors (Lipinski definition) is 4. The van der Waals surface area contributed by atoms with Gasteiger partial charge in [0, 0.05) is 17.2 Å². The number of carboxylic acids is 1. The molecule has 0 radical (unpaired) electrons. The van der Waals surface area contributed by atoms with Gasteiger partial charge < -0.3 is 19.9 Å². The molecule has 0 saturated heterocycles. The molecular formula is C24H20FNO5. The first kappa shape index (κ1) is 21.6. The van der Waals surface area contributed by atoms with Crippen LogP contribution in [-0.4, -0.2) is 24.1 Å². The minimum atomic E-state index is -1.41. The summed E-state index contributed by atoms with van der Waals surface area (Å²) in [5.74, 6) is -2.36. The van der Waals surface area contributed by atoms with Crippen molar-refractivity contribution in [1.29, 1.82) is 0 Å². The zero-order valence-electron chi connectivity index (χ0n) is 16.7. The van der Waals surface area contributed by atoms with Crippen LogP contribution in [0.1, 0.15) is 21.5 Å². The van der Waals surface area contributed by atoms with Gasteiger partial charge in [0.2, 0.25) is 0 Å². The number of aliphatic carboxylic acids is 1. The van der Waals surface area contributed by atoms with E-state index in [1.54, 1.807) is 18.2 Å². The monoisotopic (exact) mass is 421 g/mol. The lowest BCUT2D eigenvalue weighted by atomic mass is 10.1. The number of ether oxygens (including phenoxy) is 2. The number of carboxylic acid groups (broad SMARTS) is 1. The molecule has 0 aliphatic rings. The van der Waals surface area contributed by atoms with E-state index >= 15 is 0 Å². The van der Waals surface area contributed by atoms with Crippen LogP contribution in [0.5, 0.6) is 11.5 Å². The summed E-state index contributed by atoms with van der Waals surface area (Å²) < 4.78 is 25.6. The smallest absolute Gasteiger partial charge is 0.352 e. The van der Waals surface area contributed by atoms with E-state index in [2.05, 4.69) is 5.32 Å². The van der Waals surface area contributed by atoms with E-state index in [0.717, 1.165) is 17.7 Å². The van der Waals surface area contributed by atoms with Crippen LogP contribution in [0.15, 0.2) is 78.5 Å². The second-order valence-corrected chi connectivity index (χ2v) is 6.48. The molecule has 3 rings (SSSR count). The summed E-state index contributed by atoms with van der Waals surface area (Å²) >= 11 is 0. The molecule has 0 bridgehead atoms. The molecule has 6 nitrogen and oxygen atoms in total. The number of carbonyl (C=O) groups is 2. The van der Waals surface area contributed by atoms with Crippen molar-refractivity contribution in [2.45, 2.75) is 6.61 Å². The fourth-order valence-corrected chi connectivity index (χ4v) is 2.76. The molecule has 0 heterocycles. The minimum absolute atomic E-state index is 0.0744. The van der Waals surface area contributed by atoms with Crippen LogP contribution < -0.4 is 14.8 Å². The lowest BCUT2D eigenvalue weighted by Crippen LogP contribution is -2.27. The summed E-state index contributed by atoms with van der Waals surface area (Å²) in [4.78, 5) is 23.9. The topological polar surface area (TPSA) is 84.9 Å². The third kappa shape index (κ3) is 5.70. The van der Waals surface area contributed by atoms with Crippen molar-refractivity contribution in [2.75, 3.05) is 7.11 Å². The van der Waals surface area contributed by atoms with E-state index in [9.17, 15) is 19.1 Å². The highest BCUT2D eigenvalue weighted by Gasteiger charge is 2.16. The number of rotatable bonds is 8. The molecular weight excluding hydrogens is 401 g/mol. The SMILES string of the molecule is COc1cc(/C=C(\NC(=O)c2ccccc2)C(=O)O)c(F)cc1OCc1ccccc1. The average Bonchev–Trinajstić information content (AvgIpc) is 2.79. The standard InChI is InChI=1S/C24H20FNO5/c1-30-21-13-18(19(25)14-22(21)31-15-16-8-4-2-5-9-16)12-20(24(28)29)26-23(27)17-10-6-3-7-11-17/h2-14H,15H2,1H3,(H,26,27)(H,28,29)/b20-12-. The van der Waals surface area contributed by atoms with Gasteiger partial charge in [-0.3, -0.25) is 4.79 Å². The largest absolute Gasteiger partial charge is 0.493 e. The number of carbonyl (C=O) groups excluding carboxylic acids is 1. The molecule has 0 aliphatic heterocycles. The molecule has 0 spiro atoms. The average molecular weight is 421 g/mol. The number of nitrogens with one attached hydrogen (secondary N) is 1. The molecule has 0 saturated carbocycles. The van der Waals surface area contributed by atoms with Gasteiger partial charge in [0.05, 0.1) is 7.11 Å². The van der Waals surface area contributed by atoms with E-state index in [1.165, 1.54) is 25.3 Å². The van der Waals surface area contributed by atoms with Crippen molar-refractivity contribution in [3.63, 3.8) is 0 Å². The van der Waals surface area contributed by atoms with Crippen molar-refractivity contribution in [2.24, 2.45) is 0 Å². The van der Waals surface area contributed by atoms with E-state index in [4.69, 9.17) is 9.47 Å². The lowest BCUT2D eigenvalue weighted by Gasteiger charge is -2.13. The lowest BCUT2D eigenvalue weighted by molar-refractivity contribution is -0.132. The van der Waals surface area contributed by atoms with Crippen molar-refractivity contribution in [3.05, 3.63) is 101 Å². The Hall–Kier alpha value is -4.13. The maximum absolute atomic E-state index is 14.7. The Morgan fingerprint density at radius 2 is 1.65 bits per heavy atom. The fourth-order valence-electron chi connectivity index (χ4n) is 2.76. The molecule has 0 atom stereocenters. The maximum Gasteiger partial charge on any atom is 0.352 e. The van der Waals surface area contributed by atoms with E-state index in [0.29, 0.717) is 0 Å². The van der Waals surface area contributed by atoms with Gasteiger partial charge in [-0.1, -0.05) is 48.5 Å². The van der Waals surface area contributed by atoms with Gasteiger partial charge >= 0.3 is 5.97 Å². The van der Waals surface area contributed by atoms with Gasteiger partial charge in [0.1, 0.15) is 18.1 Å². The van der Waals surface area contributed by atoms with Crippen molar-refractivity contribution in [1.82, 2.24) is 5.32 Å². The van der Waals surface area contributed by atoms with Gasteiger partial charge in [0.25, 0.3) is 5.91 Å². The summed E-state index contributed by atoms with van der Waals surface area (Å²) in [6.45, 7) is 0.208. The number of amides is 1. The first-order valence-corrected chi connectivity index (χ1v) is 9.33. The van der Waals surface area contributed by atoms with Gasteiger partial charge in [0.15, 0.2) is 11.5 Å². The Morgan fingerprint density at radius 3 is 2.26 bits per heavy atom. The molecule has 0 aromatic heterocycles. The molecule has 2 N–H and O–H groups in total. The third-order valence-corrected chi connectivity index (χ3v) is 4.33. The Kier molecular flexibility index (Phi) is 7.01. The Balaban J connectivity index is 1.85. The van der Waals surface area contributed by atoms with Gasteiger partial charge in [-0.2, -0.15) is 0 Å². The predicted octanol–water partition coefficient (Wildman–Crippen LogP) is 4.27. The molecule has 3 aromatic rings. The molecule has 7 heteroatoms. The zero-order valence-corrected chi connectivity index (χ0v) is 16.7. The second kappa shape index (κ2) is 10.1. The zero-order chi connectivity index (χ0) is 22.2. The molecule has 0 unspecified atom stereocenters. The number of methoxy groups -OCH3 is 1. The number of benzene rings is 3. The molecule has 158 valence electrons. The highest BCUT2D eigenvalue weighted by atomic mass is 19.1. The van der Waals surface area contributed by atoms with Gasteiger partial charge in [-0.15, -0.1) is 0 Å². The molecule has 0 aliphatic carbocycles. The van der Waals surface area contributed by atoms with Crippen molar-refractivity contribution < 1.29 is 28.6 Å². The van der Waals surface area contributed by atoms with Crippen LogP contribution in [-0.2, 0) is 11.4 Å². The molecule has 1 amide bonds. The Morgan fingerprint density at radius 1 is 1.00 bits per heavy atom. The summed E-state index contributed by atoms with van der Waals surface area (Å²) in [5, 5.41) is 11.7. The van der Waals surface area contributed by atoms with E-state index in [-0.39, 0.29) is 29.2 Å².